The van der Waals surface area contributed by atoms with E-state index < -0.39 is 6.04 Å². The number of piperazine rings is 1. The van der Waals surface area contributed by atoms with E-state index in [0.29, 0.717) is 28.4 Å². The normalized spacial score (nSPS) is 17.1. The summed E-state index contributed by atoms with van der Waals surface area (Å²) in [6.45, 7) is 7.71. The molecule has 13 nitrogen and oxygen atoms in total. The van der Waals surface area contributed by atoms with Crippen molar-refractivity contribution in [3.8, 4) is 11.3 Å². The molecule has 4 N–H and O–H groups in total. The quantitative estimate of drug-likeness (QED) is 0.149. The molecule has 2 aromatic heterocycles. The number of nitrogens with one attached hydrogen (secondary N) is 2. The zero-order valence-electron chi connectivity index (χ0n) is 25.2. The van der Waals surface area contributed by atoms with Crippen molar-refractivity contribution >= 4 is 47.2 Å². The number of benzene rings is 1. The van der Waals surface area contributed by atoms with E-state index in [4.69, 9.17) is 22.4 Å². The van der Waals surface area contributed by atoms with Crippen LogP contribution in [-0.4, -0.2) is 94.9 Å². The number of hydrogen-bond donors (Lipinski definition) is 3. The molecule has 2 amide bonds. The van der Waals surface area contributed by atoms with Crippen molar-refractivity contribution in [3.05, 3.63) is 64.4 Å². The predicted octanol–water partition coefficient (Wildman–Crippen LogP) is 2.36. The maximum Gasteiger partial charge on any atom is 0.255 e. The van der Waals surface area contributed by atoms with E-state index in [1.54, 1.807) is 24.9 Å². The minimum Gasteiger partial charge on any atom is -0.354 e. The number of hydrazine groups is 1. The summed E-state index contributed by atoms with van der Waals surface area (Å²) < 4.78 is 0. The van der Waals surface area contributed by atoms with E-state index in [1.807, 2.05) is 37.3 Å². The molecule has 0 saturated carbocycles. The molecule has 3 aromatic rings. The van der Waals surface area contributed by atoms with Crippen LogP contribution in [0.25, 0.3) is 11.3 Å². The maximum absolute atomic E-state index is 13.5. The van der Waals surface area contributed by atoms with Crippen LogP contribution in [0.2, 0.25) is 5.02 Å². The van der Waals surface area contributed by atoms with Crippen molar-refractivity contribution < 1.29 is 9.59 Å². The number of aliphatic imine (C=N–C) groups is 2. The maximum atomic E-state index is 13.5. The van der Waals surface area contributed by atoms with Gasteiger partial charge < -0.3 is 25.4 Å². The lowest BCUT2D eigenvalue weighted by molar-refractivity contribution is -0.125. The number of likely N-dealkylation sites (N-methyl/N-ethyl adjacent to an activating group) is 1. The van der Waals surface area contributed by atoms with Gasteiger partial charge in [-0.2, -0.15) is 4.99 Å². The van der Waals surface area contributed by atoms with Crippen LogP contribution < -0.4 is 21.5 Å². The van der Waals surface area contributed by atoms with E-state index in [-0.39, 0.29) is 29.6 Å². The second-order valence-corrected chi connectivity index (χ2v) is 11.2. The Hall–Kier alpha value is -4.46. The van der Waals surface area contributed by atoms with Crippen molar-refractivity contribution in [3.63, 3.8) is 0 Å². The van der Waals surface area contributed by atoms with E-state index in [1.165, 1.54) is 12.4 Å². The molecule has 230 valence electrons. The van der Waals surface area contributed by atoms with Gasteiger partial charge in [0.05, 0.1) is 34.9 Å². The fourth-order valence-corrected chi connectivity index (χ4v) is 5.37. The van der Waals surface area contributed by atoms with Crippen LogP contribution in [0.1, 0.15) is 41.5 Å². The predicted molar refractivity (Wildman–Crippen MR) is 171 cm³/mol. The highest BCUT2D eigenvalue weighted by Crippen LogP contribution is 2.32. The molecular formula is C30H36ClN11O2. The molecule has 5 rings (SSSR count). The average Bonchev–Trinajstić information content (AvgIpc) is 3.36. The van der Waals surface area contributed by atoms with E-state index >= 15 is 0 Å². The van der Waals surface area contributed by atoms with Crippen LogP contribution in [0.3, 0.4) is 0 Å². The molecule has 14 heteroatoms. The number of anilines is 1. The molecule has 0 spiro atoms. The highest BCUT2D eigenvalue weighted by atomic mass is 35.5. The molecule has 1 saturated heterocycles. The lowest BCUT2D eigenvalue weighted by atomic mass is 10.0. The van der Waals surface area contributed by atoms with Crippen LogP contribution in [0.5, 0.6) is 0 Å². The molecule has 1 fully saturated rings. The average molecular weight is 618 g/mol. The number of nitrogens with two attached hydrogens (primary N) is 1. The van der Waals surface area contributed by atoms with Gasteiger partial charge in [-0.1, -0.05) is 29.8 Å². The third-order valence-corrected chi connectivity index (χ3v) is 8.08. The van der Waals surface area contributed by atoms with Gasteiger partial charge in [0.15, 0.2) is 5.84 Å². The number of amides is 2. The molecule has 2 aliphatic rings. The van der Waals surface area contributed by atoms with Crippen LogP contribution in [0.15, 0.2) is 52.6 Å². The lowest BCUT2D eigenvalue weighted by Crippen LogP contribution is -2.46. The van der Waals surface area contributed by atoms with E-state index in [0.717, 1.165) is 43.3 Å². The molecular weight excluding hydrogens is 582 g/mol. The number of fused-ring (bicyclic) bond motifs is 1. The SMILES string of the molecule is CN=CC(=Nc1ncc(Cl)c(-c2ccc3c(c2)C(=O)N([C@H](C)C(=O)NC(C)c2cccc(N4CCN(C)CC4)n2)C3)n1)NN. The Morgan fingerprint density at radius 3 is 2.64 bits per heavy atom. The topological polar surface area (TPSA) is 157 Å². The molecule has 44 heavy (non-hydrogen) atoms. The molecule has 0 radical (unpaired) electrons. The van der Waals surface area contributed by atoms with Gasteiger partial charge in [0.1, 0.15) is 11.9 Å². The lowest BCUT2D eigenvalue weighted by Gasteiger charge is -2.33. The summed E-state index contributed by atoms with van der Waals surface area (Å²) in [5.74, 6) is 6.27. The Kier molecular flexibility index (Phi) is 9.47. The molecule has 0 aliphatic carbocycles. The first-order valence-corrected chi connectivity index (χ1v) is 14.7. The first-order valence-electron chi connectivity index (χ1n) is 14.3. The molecule has 2 aliphatic heterocycles. The number of aromatic nitrogens is 3. The molecule has 4 heterocycles. The molecule has 0 bridgehead atoms. The summed E-state index contributed by atoms with van der Waals surface area (Å²) in [5, 5.41) is 3.34. The first kappa shape index (κ1) is 31.0. The van der Waals surface area contributed by atoms with Gasteiger partial charge in [0, 0.05) is 50.9 Å². The highest BCUT2D eigenvalue weighted by molar-refractivity contribution is 6.33. The molecule has 1 aromatic carbocycles. The van der Waals surface area contributed by atoms with Gasteiger partial charge in [0.25, 0.3) is 11.9 Å². The van der Waals surface area contributed by atoms with Crippen molar-refractivity contribution in [1.82, 2.24) is 35.5 Å². The zero-order chi connectivity index (χ0) is 31.4. The number of hydrogen-bond acceptors (Lipinski definition) is 10. The monoisotopic (exact) mass is 617 g/mol. The summed E-state index contributed by atoms with van der Waals surface area (Å²) in [7, 11) is 3.70. The number of amidine groups is 1. The van der Waals surface area contributed by atoms with Crippen LogP contribution in [0.4, 0.5) is 11.8 Å². The van der Waals surface area contributed by atoms with Crippen LogP contribution >= 0.6 is 11.6 Å². The van der Waals surface area contributed by atoms with Gasteiger partial charge >= 0.3 is 0 Å². The number of halogens is 1. The van der Waals surface area contributed by atoms with E-state index in [9.17, 15) is 9.59 Å². The summed E-state index contributed by atoms with van der Waals surface area (Å²) >= 11 is 6.43. The molecule has 2 atom stereocenters. The summed E-state index contributed by atoms with van der Waals surface area (Å²) in [6.07, 6.45) is 2.87. The number of carbonyl (C=O) groups excluding carboxylic acids is 2. The second kappa shape index (κ2) is 13.5. The minimum absolute atomic E-state index is 0.119. The van der Waals surface area contributed by atoms with E-state index in [2.05, 4.69) is 47.5 Å². The van der Waals surface area contributed by atoms with Gasteiger partial charge in [-0.15, -0.1) is 0 Å². The Morgan fingerprint density at radius 1 is 1.14 bits per heavy atom. The van der Waals surface area contributed by atoms with Gasteiger partial charge in [-0.3, -0.25) is 14.6 Å². The van der Waals surface area contributed by atoms with Crippen LogP contribution in [0, 0.1) is 0 Å². The fourth-order valence-electron chi connectivity index (χ4n) is 5.17. The fraction of sp³-hybridized carbons (Fsp3) is 0.367. The zero-order valence-corrected chi connectivity index (χ0v) is 25.9. The van der Waals surface area contributed by atoms with Crippen LogP contribution in [-0.2, 0) is 11.3 Å². The molecule has 1 unspecified atom stereocenters. The number of rotatable bonds is 8. The largest absolute Gasteiger partial charge is 0.354 e. The Morgan fingerprint density at radius 2 is 1.91 bits per heavy atom. The minimum atomic E-state index is -0.701. The van der Waals surface area contributed by atoms with Crippen molar-refractivity contribution in [2.75, 3.05) is 45.2 Å². The Bertz CT molecular complexity index is 1600. The van der Waals surface area contributed by atoms with Crippen molar-refractivity contribution in [2.45, 2.75) is 32.5 Å². The highest BCUT2D eigenvalue weighted by Gasteiger charge is 2.35. The third-order valence-electron chi connectivity index (χ3n) is 7.80. The summed E-state index contributed by atoms with van der Waals surface area (Å²) in [4.78, 5) is 54.5. The van der Waals surface area contributed by atoms with Gasteiger partial charge in [-0.05, 0) is 44.7 Å². The van der Waals surface area contributed by atoms with Gasteiger partial charge in [-0.25, -0.2) is 20.8 Å². The smallest absolute Gasteiger partial charge is 0.255 e. The Labute approximate surface area is 261 Å². The third kappa shape index (κ3) is 6.69. The summed E-state index contributed by atoms with van der Waals surface area (Å²) in [6, 6.07) is 10.3. The second-order valence-electron chi connectivity index (χ2n) is 10.8. The van der Waals surface area contributed by atoms with Crippen molar-refractivity contribution in [1.29, 1.82) is 0 Å². The van der Waals surface area contributed by atoms with Crippen molar-refractivity contribution in [2.24, 2.45) is 15.8 Å². The summed E-state index contributed by atoms with van der Waals surface area (Å²) in [5.41, 5.74) is 5.51. The standard InChI is InChI=1S/C30H36ClN11O2/c1-18(24-6-5-7-26(36-24)41-12-10-40(4)11-13-41)35-28(43)19(2)42-17-21-9-8-20(14-22(21)29(42)44)27-23(31)15-34-30(38-27)37-25(39-32)16-33-3/h5-9,14-16,18-19H,10-13,17,32H2,1-4H3,(H,35,43)(H,34,37,38,39)/t18?,19-/m1/s1. The number of carbonyl (C=O) groups is 2. The number of pyridine rings is 1. The van der Waals surface area contributed by atoms with Gasteiger partial charge in [0.2, 0.25) is 5.91 Å². The Balaban J connectivity index is 1.28. The first-order chi connectivity index (χ1) is 21.2. The number of nitrogens with zero attached hydrogens (tertiary/aromatic N) is 8.